The summed E-state index contributed by atoms with van der Waals surface area (Å²) < 4.78 is 6.85. The molecule has 0 aromatic carbocycles. The van der Waals surface area contributed by atoms with Crippen LogP contribution in [0.3, 0.4) is 0 Å². The number of fused-ring (bicyclic) bond motifs is 1. The van der Waals surface area contributed by atoms with Crippen LogP contribution in [0.4, 0.5) is 0 Å². The van der Waals surface area contributed by atoms with E-state index in [1.165, 1.54) is 17.2 Å². The molecule has 0 bridgehead atoms. The van der Waals surface area contributed by atoms with Crippen molar-refractivity contribution >= 4 is 22.8 Å². The largest absolute Gasteiger partial charge is 0.394 e. The van der Waals surface area contributed by atoms with E-state index in [2.05, 4.69) is 15.0 Å². The molecule has 102 valence electrons. The number of rotatable bonds is 2. The Balaban J connectivity index is 2.04. The average Bonchev–Trinajstić information content (AvgIpc) is 2.94. The van der Waals surface area contributed by atoms with Gasteiger partial charge in [0.25, 0.3) is 0 Å². The molecule has 2 aromatic heterocycles. The monoisotopic (exact) mass is 286 g/mol. The van der Waals surface area contributed by atoms with Gasteiger partial charge in [-0.2, -0.15) is 0 Å². The first-order valence-electron chi connectivity index (χ1n) is 5.59. The summed E-state index contributed by atoms with van der Waals surface area (Å²) in [6.45, 7) is -0.392. The van der Waals surface area contributed by atoms with Gasteiger partial charge < -0.3 is 20.1 Å². The van der Waals surface area contributed by atoms with Crippen LogP contribution in [0.1, 0.15) is 6.23 Å². The molecule has 0 amide bonds. The molecule has 19 heavy (non-hydrogen) atoms. The first-order chi connectivity index (χ1) is 9.13. The van der Waals surface area contributed by atoms with Crippen molar-refractivity contribution in [2.75, 3.05) is 6.61 Å². The lowest BCUT2D eigenvalue weighted by Crippen LogP contribution is -2.33. The van der Waals surface area contributed by atoms with Crippen molar-refractivity contribution in [1.82, 2.24) is 19.5 Å². The lowest BCUT2D eigenvalue weighted by molar-refractivity contribution is -0.0511. The fourth-order valence-corrected chi connectivity index (χ4v) is 2.30. The number of hydrogen-bond donors (Lipinski definition) is 3. The summed E-state index contributed by atoms with van der Waals surface area (Å²) in [6, 6.07) is 0. The van der Waals surface area contributed by atoms with Gasteiger partial charge in [0.15, 0.2) is 17.0 Å². The molecule has 0 saturated carbocycles. The van der Waals surface area contributed by atoms with Gasteiger partial charge in [0.2, 0.25) is 0 Å². The third-order valence-electron chi connectivity index (χ3n) is 3.11. The number of hydrogen-bond acceptors (Lipinski definition) is 7. The Morgan fingerprint density at radius 3 is 2.74 bits per heavy atom. The van der Waals surface area contributed by atoms with E-state index in [9.17, 15) is 10.2 Å². The third kappa shape index (κ3) is 1.88. The molecule has 3 heterocycles. The Morgan fingerprint density at radius 1 is 1.26 bits per heavy atom. The maximum atomic E-state index is 9.95. The minimum atomic E-state index is -1.19. The van der Waals surface area contributed by atoms with Gasteiger partial charge in [-0.25, -0.2) is 15.0 Å². The van der Waals surface area contributed by atoms with Crippen LogP contribution in [-0.2, 0) is 4.74 Å². The molecule has 4 atom stereocenters. The van der Waals surface area contributed by atoms with Gasteiger partial charge in [0, 0.05) is 0 Å². The summed E-state index contributed by atoms with van der Waals surface area (Å²) in [5.41, 5.74) is 0.761. The van der Waals surface area contributed by atoms with Gasteiger partial charge in [0.1, 0.15) is 30.2 Å². The third-order valence-corrected chi connectivity index (χ3v) is 3.38. The summed E-state index contributed by atoms with van der Waals surface area (Å²) in [7, 11) is 0. The lowest BCUT2D eigenvalue weighted by atomic mass is 10.1. The number of halogens is 1. The van der Waals surface area contributed by atoms with Crippen LogP contribution in [0.2, 0.25) is 5.15 Å². The molecule has 9 heteroatoms. The molecular formula is C10H11ClN4O4. The first kappa shape index (κ1) is 12.7. The summed E-state index contributed by atoms with van der Waals surface area (Å²) in [5.74, 6) is 0. The Bertz CT molecular complexity index is 606. The highest BCUT2D eigenvalue weighted by Crippen LogP contribution is 2.31. The predicted molar refractivity (Wildman–Crippen MR) is 63.3 cm³/mol. The molecule has 8 nitrogen and oxygen atoms in total. The normalized spacial score (nSPS) is 31.2. The minimum Gasteiger partial charge on any atom is -0.394 e. The lowest BCUT2D eigenvalue weighted by Gasteiger charge is -2.16. The molecule has 1 saturated heterocycles. The zero-order chi connectivity index (χ0) is 13.6. The van der Waals surface area contributed by atoms with Crippen molar-refractivity contribution in [3.8, 4) is 0 Å². The number of ether oxygens (including phenoxy) is 1. The zero-order valence-electron chi connectivity index (χ0n) is 9.59. The Kier molecular flexibility index (Phi) is 3.11. The molecule has 1 unspecified atom stereocenters. The van der Waals surface area contributed by atoms with Gasteiger partial charge in [-0.15, -0.1) is 0 Å². The van der Waals surface area contributed by atoms with Crippen LogP contribution in [-0.4, -0.2) is 59.8 Å². The smallest absolute Gasteiger partial charge is 0.167 e. The summed E-state index contributed by atoms with van der Waals surface area (Å²) in [6.07, 6.45) is -1.44. The summed E-state index contributed by atoms with van der Waals surface area (Å²) in [4.78, 5) is 11.9. The van der Waals surface area contributed by atoms with Gasteiger partial charge in [0.05, 0.1) is 12.9 Å². The van der Waals surface area contributed by atoms with Crippen molar-refractivity contribution in [2.24, 2.45) is 0 Å². The molecule has 2 aromatic rings. The highest BCUT2D eigenvalue weighted by atomic mass is 35.5. The molecule has 1 aliphatic heterocycles. The van der Waals surface area contributed by atoms with E-state index in [0.29, 0.717) is 11.2 Å². The second kappa shape index (κ2) is 4.66. The molecule has 0 radical (unpaired) electrons. The van der Waals surface area contributed by atoms with Crippen LogP contribution in [0.5, 0.6) is 0 Å². The molecule has 1 fully saturated rings. The molecule has 3 N–H and O–H groups in total. The van der Waals surface area contributed by atoms with Crippen LogP contribution < -0.4 is 0 Å². The van der Waals surface area contributed by atoms with E-state index in [0.717, 1.165) is 0 Å². The maximum absolute atomic E-state index is 9.95. The standard InChI is InChI=1S/C10H11ClN4O4/c11-8-5-9(13-2-12-8)15(3-14-5)10-7(18)6(17)4(1-16)19-10/h2-4,6-7,10,16-18H,1H2/t4-,6?,7+,10-/m1/s1. The van der Waals surface area contributed by atoms with E-state index in [4.69, 9.17) is 21.4 Å². The topological polar surface area (TPSA) is 114 Å². The van der Waals surface area contributed by atoms with E-state index in [1.54, 1.807) is 0 Å². The van der Waals surface area contributed by atoms with Crippen LogP contribution in [0, 0.1) is 0 Å². The summed E-state index contributed by atoms with van der Waals surface area (Å²) >= 11 is 5.88. The predicted octanol–water partition coefficient (Wildman–Crippen LogP) is -0.909. The number of imidazole rings is 1. The Labute approximate surface area is 112 Å². The highest BCUT2D eigenvalue weighted by Gasteiger charge is 2.43. The average molecular weight is 287 g/mol. The highest BCUT2D eigenvalue weighted by molar-refractivity contribution is 6.33. The maximum Gasteiger partial charge on any atom is 0.167 e. The van der Waals surface area contributed by atoms with Crippen molar-refractivity contribution in [1.29, 1.82) is 0 Å². The Morgan fingerprint density at radius 2 is 2.05 bits per heavy atom. The van der Waals surface area contributed by atoms with Crippen molar-refractivity contribution < 1.29 is 20.1 Å². The first-order valence-corrected chi connectivity index (χ1v) is 5.96. The van der Waals surface area contributed by atoms with Gasteiger partial charge in [-0.05, 0) is 0 Å². The Hall–Kier alpha value is -1.32. The van der Waals surface area contributed by atoms with E-state index < -0.39 is 31.1 Å². The second-order valence-corrected chi connectivity index (χ2v) is 4.58. The van der Waals surface area contributed by atoms with Crippen LogP contribution in [0.25, 0.3) is 11.2 Å². The molecule has 0 aliphatic carbocycles. The fourth-order valence-electron chi connectivity index (χ4n) is 2.12. The van der Waals surface area contributed by atoms with E-state index >= 15 is 0 Å². The summed E-state index contributed by atoms with van der Waals surface area (Å²) in [5, 5.41) is 28.9. The number of aromatic nitrogens is 4. The van der Waals surface area contributed by atoms with Crippen LogP contribution in [0.15, 0.2) is 12.7 Å². The quantitative estimate of drug-likeness (QED) is 0.613. The van der Waals surface area contributed by atoms with Gasteiger partial charge in [-0.3, -0.25) is 4.57 Å². The minimum absolute atomic E-state index is 0.190. The zero-order valence-corrected chi connectivity index (χ0v) is 10.3. The van der Waals surface area contributed by atoms with Crippen LogP contribution >= 0.6 is 11.6 Å². The van der Waals surface area contributed by atoms with E-state index in [-0.39, 0.29) is 5.15 Å². The number of aliphatic hydroxyl groups is 3. The van der Waals surface area contributed by atoms with Crippen molar-refractivity contribution in [3.05, 3.63) is 17.8 Å². The molecule has 1 aliphatic rings. The van der Waals surface area contributed by atoms with Gasteiger partial charge in [-0.1, -0.05) is 11.6 Å². The molecule has 3 rings (SSSR count). The number of aliphatic hydroxyl groups excluding tert-OH is 3. The molecule has 0 spiro atoms. The van der Waals surface area contributed by atoms with E-state index in [1.807, 2.05) is 0 Å². The SMILES string of the molecule is OC[C@H]1O[C@@H](n2cnc3c(Cl)ncnc32)[C@@H](O)C1O. The number of nitrogens with zero attached hydrogens (tertiary/aromatic N) is 4. The molecular weight excluding hydrogens is 276 g/mol. The van der Waals surface area contributed by atoms with Crippen molar-refractivity contribution in [3.63, 3.8) is 0 Å². The second-order valence-electron chi connectivity index (χ2n) is 4.22. The van der Waals surface area contributed by atoms with Gasteiger partial charge >= 0.3 is 0 Å². The fraction of sp³-hybridized carbons (Fsp3) is 0.500. The van der Waals surface area contributed by atoms with Crippen molar-refractivity contribution in [2.45, 2.75) is 24.5 Å².